The quantitative estimate of drug-likeness (QED) is 0.0491. The van der Waals surface area contributed by atoms with Crippen LogP contribution >= 0.6 is 0 Å². The second kappa shape index (κ2) is 35.7. The lowest BCUT2D eigenvalue weighted by Crippen LogP contribution is -2.42. The average Bonchev–Trinajstić information content (AvgIpc) is 3.11. The van der Waals surface area contributed by atoms with Crippen LogP contribution < -0.4 is 16.0 Å². The van der Waals surface area contributed by atoms with E-state index >= 15 is 0 Å². The number of hydrogen-bond donors (Lipinski definition) is 6. The summed E-state index contributed by atoms with van der Waals surface area (Å²) in [6, 6.07) is -1.20. The first kappa shape index (κ1) is 49.7. The number of unbranched alkanes of at least 4 members (excludes halogenated alkanes) is 10. The monoisotopic (exact) mass is 761 g/mol. The molecule has 0 aliphatic carbocycles. The molecule has 0 aliphatic heterocycles. The maximum Gasteiger partial charge on any atom is 0.326 e. The Morgan fingerprint density at radius 3 is 1.45 bits per heavy atom. The van der Waals surface area contributed by atoms with Crippen LogP contribution in [-0.4, -0.2) is 123 Å². The van der Waals surface area contributed by atoms with Crippen LogP contribution in [0.3, 0.4) is 0 Å². The number of carbonyl (C=O) groups is 6. The topological polar surface area (TPSA) is 236 Å². The maximum absolute atomic E-state index is 12.1. The molecule has 0 saturated heterocycles. The van der Waals surface area contributed by atoms with Gasteiger partial charge in [-0.25, -0.2) is 4.79 Å². The normalized spacial score (nSPS) is 12.2. The van der Waals surface area contributed by atoms with Gasteiger partial charge in [0.05, 0.1) is 58.8 Å². The zero-order valence-corrected chi connectivity index (χ0v) is 31.9. The van der Waals surface area contributed by atoms with E-state index in [1.165, 1.54) is 19.3 Å². The largest absolute Gasteiger partial charge is 0.481 e. The SMILES string of the molecule is C[C@@H](CCCCNC(=O)CC[C@H](NC(=O)CCOCCOCCOCCOCCNC(=O)CCCCCCCCCCCCC(=O)O)C(=O)O)C(=O)O. The molecule has 308 valence electrons. The number of aliphatic carboxylic acids is 3. The molecule has 3 amide bonds. The fourth-order valence-electron chi connectivity index (χ4n) is 5.07. The minimum absolute atomic E-state index is 0.0344. The van der Waals surface area contributed by atoms with Gasteiger partial charge in [-0.05, 0) is 32.1 Å². The smallest absolute Gasteiger partial charge is 0.326 e. The summed E-state index contributed by atoms with van der Waals surface area (Å²) in [5.41, 5.74) is 0. The molecule has 0 aromatic carbocycles. The highest BCUT2D eigenvalue weighted by atomic mass is 16.6. The van der Waals surface area contributed by atoms with Crippen molar-refractivity contribution in [1.29, 1.82) is 0 Å². The molecule has 0 unspecified atom stereocenters. The van der Waals surface area contributed by atoms with Gasteiger partial charge < -0.3 is 50.2 Å². The van der Waals surface area contributed by atoms with Crippen molar-refractivity contribution < 1.29 is 63.0 Å². The lowest BCUT2D eigenvalue weighted by Gasteiger charge is -2.14. The molecule has 0 heterocycles. The van der Waals surface area contributed by atoms with Gasteiger partial charge in [0.2, 0.25) is 17.7 Å². The summed E-state index contributed by atoms with van der Waals surface area (Å²) in [4.78, 5) is 68.9. The van der Waals surface area contributed by atoms with E-state index in [1.54, 1.807) is 6.92 Å². The Kier molecular flexibility index (Phi) is 33.4. The van der Waals surface area contributed by atoms with Gasteiger partial charge in [0.1, 0.15) is 6.04 Å². The molecule has 0 aromatic heterocycles. The Labute approximate surface area is 314 Å². The maximum atomic E-state index is 12.1. The van der Waals surface area contributed by atoms with Crippen molar-refractivity contribution in [3.8, 4) is 0 Å². The molecule has 0 aliphatic rings. The molecule has 16 nitrogen and oxygen atoms in total. The molecular weight excluding hydrogens is 694 g/mol. The summed E-state index contributed by atoms with van der Waals surface area (Å²) in [6.45, 7) is 5.01. The molecule has 0 saturated carbocycles. The van der Waals surface area contributed by atoms with Crippen molar-refractivity contribution in [2.75, 3.05) is 65.9 Å². The third-order valence-electron chi connectivity index (χ3n) is 8.30. The molecule has 0 radical (unpaired) electrons. The third kappa shape index (κ3) is 35.5. The van der Waals surface area contributed by atoms with Crippen molar-refractivity contribution in [2.24, 2.45) is 5.92 Å². The predicted molar refractivity (Wildman–Crippen MR) is 196 cm³/mol. The second-order valence-corrected chi connectivity index (χ2v) is 13.1. The van der Waals surface area contributed by atoms with Gasteiger partial charge in [-0.2, -0.15) is 0 Å². The molecule has 53 heavy (non-hydrogen) atoms. The molecular formula is C37H67N3O13. The average molecular weight is 762 g/mol. The van der Waals surface area contributed by atoms with Gasteiger partial charge >= 0.3 is 17.9 Å². The molecule has 0 fully saturated rings. The third-order valence-corrected chi connectivity index (χ3v) is 8.30. The Bertz CT molecular complexity index is 999. The Balaban J connectivity index is 3.54. The van der Waals surface area contributed by atoms with Crippen LogP contribution in [0.2, 0.25) is 0 Å². The van der Waals surface area contributed by atoms with Crippen LogP contribution in [0.1, 0.15) is 122 Å². The molecule has 16 heteroatoms. The number of amides is 3. The summed E-state index contributed by atoms with van der Waals surface area (Å²) in [5.74, 6) is -4.05. The number of hydrogen-bond acceptors (Lipinski definition) is 10. The van der Waals surface area contributed by atoms with Gasteiger partial charge in [0.25, 0.3) is 0 Å². The lowest BCUT2D eigenvalue weighted by molar-refractivity contribution is -0.142. The number of nitrogens with one attached hydrogen (secondary N) is 3. The van der Waals surface area contributed by atoms with Crippen LogP contribution in [0.4, 0.5) is 0 Å². The van der Waals surface area contributed by atoms with E-state index in [0.717, 1.165) is 44.9 Å². The van der Waals surface area contributed by atoms with Gasteiger partial charge in [-0.1, -0.05) is 64.7 Å². The molecule has 0 spiro atoms. The minimum atomic E-state index is -1.23. The molecule has 0 aromatic rings. The summed E-state index contributed by atoms with van der Waals surface area (Å²) in [5, 5.41) is 34.8. The summed E-state index contributed by atoms with van der Waals surface area (Å²) >= 11 is 0. The number of carboxylic acid groups (broad SMARTS) is 3. The van der Waals surface area contributed by atoms with Gasteiger partial charge in [-0.15, -0.1) is 0 Å². The molecule has 2 atom stereocenters. The van der Waals surface area contributed by atoms with Crippen LogP contribution in [0, 0.1) is 5.92 Å². The fourth-order valence-corrected chi connectivity index (χ4v) is 5.07. The Hall–Kier alpha value is -3.34. The highest BCUT2D eigenvalue weighted by Crippen LogP contribution is 2.12. The zero-order chi connectivity index (χ0) is 39.4. The first-order valence-corrected chi connectivity index (χ1v) is 19.3. The standard InChI is InChI=1S/C37H67N3O13/c1-30(36(46)47)14-12-13-20-38-33(42)18-17-31(37(48)49)40-34(43)19-22-50-24-26-52-28-29-53-27-25-51-23-21-39-32(41)15-10-8-6-4-2-3-5-7-9-11-16-35(44)45/h30-31H,2-29H2,1H3,(H,38,42)(H,39,41)(H,40,43)(H,44,45)(H,46,47)(H,48,49)/t30-,31-/m0/s1. The van der Waals surface area contributed by atoms with Crippen LogP contribution in [0.15, 0.2) is 0 Å². The molecule has 6 N–H and O–H groups in total. The van der Waals surface area contributed by atoms with E-state index < -0.39 is 35.8 Å². The number of ether oxygens (including phenoxy) is 4. The summed E-state index contributed by atoms with van der Waals surface area (Å²) in [6.07, 6.45) is 13.0. The first-order valence-electron chi connectivity index (χ1n) is 19.3. The van der Waals surface area contributed by atoms with Gasteiger partial charge in [0.15, 0.2) is 0 Å². The van der Waals surface area contributed by atoms with Crippen molar-refractivity contribution in [2.45, 2.75) is 129 Å². The summed E-state index contributed by atoms with van der Waals surface area (Å²) < 4.78 is 21.7. The van der Waals surface area contributed by atoms with E-state index in [1.807, 2.05) is 0 Å². The van der Waals surface area contributed by atoms with Gasteiger partial charge in [-0.3, -0.25) is 24.0 Å². The number of rotatable bonds is 39. The van der Waals surface area contributed by atoms with E-state index in [-0.39, 0.29) is 50.7 Å². The fraction of sp³-hybridized carbons (Fsp3) is 0.838. The molecule has 0 rings (SSSR count). The van der Waals surface area contributed by atoms with E-state index in [9.17, 15) is 33.9 Å². The number of carbonyl (C=O) groups excluding carboxylic acids is 3. The zero-order valence-electron chi connectivity index (χ0n) is 31.9. The van der Waals surface area contributed by atoms with Crippen LogP contribution in [-0.2, 0) is 47.7 Å². The first-order chi connectivity index (χ1) is 25.5. The predicted octanol–water partition coefficient (Wildman–Crippen LogP) is 3.68. The van der Waals surface area contributed by atoms with Gasteiger partial charge in [0, 0.05) is 38.8 Å². The van der Waals surface area contributed by atoms with Crippen molar-refractivity contribution in [3.63, 3.8) is 0 Å². The van der Waals surface area contributed by atoms with Crippen LogP contribution in [0.5, 0.6) is 0 Å². The van der Waals surface area contributed by atoms with E-state index in [0.29, 0.717) is 78.4 Å². The van der Waals surface area contributed by atoms with Crippen molar-refractivity contribution in [3.05, 3.63) is 0 Å². The van der Waals surface area contributed by atoms with E-state index in [2.05, 4.69) is 16.0 Å². The lowest BCUT2D eigenvalue weighted by atomic mass is 10.0. The minimum Gasteiger partial charge on any atom is -0.481 e. The Morgan fingerprint density at radius 2 is 0.925 bits per heavy atom. The molecule has 0 bridgehead atoms. The van der Waals surface area contributed by atoms with Crippen molar-refractivity contribution in [1.82, 2.24) is 16.0 Å². The highest BCUT2D eigenvalue weighted by Gasteiger charge is 2.21. The van der Waals surface area contributed by atoms with E-state index in [4.69, 9.17) is 29.2 Å². The highest BCUT2D eigenvalue weighted by molar-refractivity contribution is 5.84. The van der Waals surface area contributed by atoms with Crippen molar-refractivity contribution >= 4 is 35.6 Å². The van der Waals surface area contributed by atoms with Crippen LogP contribution in [0.25, 0.3) is 0 Å². The Morgan fingerprint density at radius 1 is 0.453 bits per heavy atom. The second-order valence-electron chi connectivity index (χ2n) is 13.1. The summed E-state index contributed by atoms with van der Waals surface area (Å²) in [7, 11) is 0. The number of carboxylic acids is 3.